The van der Waals surface area contributed by atoms with Crippen molar-refractivity contribution in [2.45, 2.75) is 26.3 Å². The Morgan fingerprint density at radius 3 is 2.67 bits per heavy atom. The van der Waals surface area contributed by atoms with Gasteiger partial charge in [-0.1, -0.05) is 0 Å². The van der Waals surface area contributed by atoms with Crippen LogP contribution in [0.3, 0.4) is 0 Å². The molecule has 5 heteroatoms. The van der Waals surface area contributed by atoms with Gasteiger partial charge in [0.05, 0.1) is 7.11 Å². The van der Waals surface area contributed by atoms with E-state index in [0.29, 0.717) is 12.6 Å². The zero-order valence-electron chi connectivity index (χ0n) is 9.66. The van der Waals surface area contributed by atoms with Gasteiger partial charge in [0.1, 0.15) is 5.82 Å². The maximum Gasteiger partial charge on any atom is 0.318 e. The molecule has 1 aromatic rings. The van der Waals surface area contributed by atoms with Crippen LogP contribution in [0.15, 0.2) is 6.07 Å². The fourth-order valence-corrected chi connectivity index (χ4v) is 1.04. The molecule has 0 radical (unpaired) electrons. The van der Waals surface area contributed by atoms with Gasteiger partial charge in [0.2, 0.25) is 0 Å². The van der Waals surface area contributed by atoms with Gasteiger partial charge in [-0.25, -0.2) is 4.98 Å². The topological polar surface area (TPSA) is 73.1 Å². The number of ether oxygens (including phenoxy) is 1. The molecule has 3 N–H and O–H groups in total. The average molecular weight is 210 g/mol. The highest BCUT2D eigenvalue weighted by Crippen LogP contribution is 2.11. The SMILES string of the molecule is COc1nc(C)cc(NCC(C)(C)N)n1. The first kappa shape index (κ1) is 11.7. The Morgan fingerprint density at radius 1 is 1.47 bits per heavy atom. The molecule has 0 aliphatic heterocycles. The number of aryl methyl sites for hydroxylation is 1. The third kappa shape index (κ3) is 4.12. The number of anilines is 1. The minimum Gasteiger partial charge on any atom is -0.467 e. The lowest BCUT2D eigenvalue weighted by Gasteiger charge is -2.19. The molecule has 0 aliphatic rings. The van der Waals surface area contributed by atoms with E-state index in [1.165, 1.54) is 0 Å². The van der Waals surface area contributed by atoms with Crippen molar-refractivity contribution in [2.24, 2.45) is 5.73 Å². The largest absolute Gasteiger partial charge is 0.467 e. The fourth-order valence-electron chi connectivity index (χ4n) is 1.04. The number of rotatable bonds is 4. The lowest BCUT2D eigenvalue weighted by molar-refractivity contribution is 0.379. The zero-order chi connectivity index (χ0) is 11.5. The number of nitrogens with zero attached hydrogens (tertiary/aromatic N) is 2. The molecule has 1 heterocycles. The van der Waals surface area contributed by atoms with E-state index >= 15 is 0 Å². The number of nitrogens with one attached hydrogen (secondary N) is 1. The predicted octanol–water partition coefficient (Wildman–Crippen LogP) is 0.943. The zero-order valence-corrected chi connectivity index (χ0v) is 9.66. The third-order valence-corrected chi connectivity index (χ3v) is 1.74. The van der Waals surface area contributed by atoms with E-state index < -0.39 is 0 Å². The van der Waals surface area contributed by atoms with Crippen LogP contribution in [-0.4, -0.2) is 29.2 Å². The van der Waals surface area contributed by atoms with Crippen LogP contribution in [-0.2, 0) is 0 Å². The highest BCUT2D eigenvalue weighted by Gasteiger charge is 2.10. The van der Waals surface area contributed by atoms with Gasteiger partial charge in [-0.2, -0.15) is 4.98 Å². The van der Waals surface area contributed by atoms with Gasteiger partial charge in [0, 0.05) is 23.8 Å². The predicted molar refractivity (Wildman–Crippen MR) is 60.1 cm³/mol. The molecule has 84 valence electrons. The number of aromatic nitrogens is 2. The lowest BCUT2D eigenvalue weighted by Crippen LogP contribution is -2.39. The Labute approximate surface area is 90.1 Å². The molecule has 0 saturated heterocycles. The van der Waals surface area contributed by atoms with Crippen LogP contribution in [0.1, 0.15) is 19.5 Å². The molecule has 5 nitrogen and oxygen atoms in total. The van der Waals surface area contributed by atoms with E-state index in [2.05, 4.69) is 15.3 Å². The standard InChI is InChI=1S/C10H18N4O/c1-7-5-8(12-6-10(2,3)11)14-9(13-7)15-4/h5H,6,11H2,1-4H3,(H,12,13,14). The smallest absolute Gasteiger partial charge is 0.318 e. The molecule has 0 aromatic carbocycles. The summed E-state index contributed by atoms with van der Waals surface area (Å²) in [6.07, 6.45) is 0. The second-order valence-electron chi connectivity index (χ2n) is 4.22. The Hall–Kier alpha value is -1.36. The summed E-state index contributed by atoms with van der Waals surface area (Å²) >= 11 is 0. The van der Waals surface area contributed by atoms with E-state index in [4.69, 9.17) is 10.5 Å². The van der Waals surface area contributed by atoms with Crippen molar-refractivity contribution in [3.63, 3.8) is 0 Å². The molecule has 1 rings (SSSR count). The first-order valence-corrected chi connectivity index (χ1v) is 4.83. The summed E-state index contributed by atoms with van der Waals surface area (Å²) in [6.45, 7) is 6.44. The van der Waals surface area contributed by atoms with Crippen molar-refractivity contribution in [1.82, 2.24) is 9.97 Å². The van der Waals surface area contributed by atoms with Gasteiger partial charge in [0.15, 0.2) is 0 Å². The Balaban J connectivity index is 2.73. The molecule has 0 saturated carbocycles. The highest BCUT2D eigenvalue weighted by atomic mass is 16.5. The molecule has 0 aliphatic carbocycles. The second-order valence-corrected chi connectivity index (χ2v) is 4.22. The molecule has 0 bridgehead atoms. The Kier molecular flexibility index (Phi) is 3.47. The van der Waals surface area contributed by atoms with Gasteiger partial charge in [-0.3, -0.25) is 0 Å². The summed E-state index contributed by atoms with van der Waals surface area (Å²) < 4.78 is 4.97. The quantitative estimate of drug-likeness (QED) is 0.773. The number of hydrogen-bond acceptors (Lipinski definition) is 5. The molecular weight excluding hydrogens is 192 g/mol. The molecule has 0 unspecified atom stereocenters. The van der Waals surface area contributed by atoms with Crippen LogP contribution in [0.2, 0.25) is 0 Å². The van der Waals surface area contributed by atoms with E-state index in [-0.39, 0.29) is 5.54 Å². The first-order valence-electron chi connectivity index (χ1n) is 4.83. The van der Waals surface area contributed by atoms with E-state index in [9.17, 15) is 0 Å². The summed E-state index contributed by atoms with van der Waals surface area (Å²) in [6, 6.07) is 2.22. The molecule has 15 heavy (non-hydrogen) atoms. The van der Waals surface area contributed by atoms with Crippen LogP contribution < -0.4 is 15.8 Å². The summed E-state index contributed by atoms with van der Waals surface area (Å²) in [4.78, 5) is 8.25. The third-order valence-electron chi connectivity index (χ3n) is 1.74. The molecule has 0 amide bonds. The number of nitrogens with two attached hydrogens (primary N) is 1. The van der Waals surface area contributed by atoms with Crippen LogP contribution in [0.5, 0.6) is 6.01 Å². The van der Waals surface area contributed by atoms with Crippen molar-refractivity contribution in [3.8, 4) is 6.01 Å². The molecule has 0 fully saturated rings. The normalized spacial score (nSPS) is 11.3. The minimum absolute atomic E-state index is 0.272. The van der Waals surface area contributed by atoms with E-state index in [1.807, 2.05) is 26.8 Å². The maximum atomic E-state index is 5.85. The molecule has 1 aromatic heterocycles. The first-order chi connectivity index (χ1) is 6.90. The van der Waals surface area contributed by atoms with Crippen molar-refractivity contribution in [2.75, 3.05) is 19.0 Å². The lowest BCUT2D eigenvalue weighted by atomic mass is 10.1. The Morgan fingerprint density at radius 2 is 2.13 bits per heavy atom. The van der Waals surface area contributed by atoms with Gasteiger partial charge < -0.3 is 15.8 Å². The van der Waals surface area contributed by atoms with Crippen LogP contribution in [0.25, 0.3) is 0 Å². The van der Waals surface area contributed by atoms with Crippen molar-refractivity contribution < 1.29 is 4.74 Å². The number of methoxy groups -OCH3 is 1. The van der Waals surface area contributed by atoms with E-state index in [0.717, 1.165) is 11.5 Å². The average Bonchev–Trinajstić information content (AvgIpc) is 2.13. The summed E-state index contributed by atoms with van der Waals surface area (Å²) in [5, 5.41) is 3.14. The van der Waals surface area contributed by atoms with Crippen LogP contribution in [0, 0.1) is 6.92 Å². The van der Waals surface area contributed by atoms with Gasteiger partial charge >= 0.3 is 6.01 Å². The molecule has 0 atom stereocenters. The minimum atomic E-state index is -0.272. The summed E-state index contributed by atoms with van der Waals surface area (Å²) in [5.41, 5.74) is 6.44. The van der Waals surface area contributed by atoms with Gasteiger partial charge in [0.25, 0.3) is 0 Å². The van der Waals surface area contributed by atoms with Gasteiger partial charge in [-0.15, -0.1) is 0 Å². The summed E-state index contributed by atoms with van der Waals surface area (Å²) in [5.74, 6) is 0.734. The summed E-state index contributed by atoms with van der Waals surface area (Å²) in [7, 11) is 1.55. The second kappa shape index (κ2) is 4.44. The van der Waals surface area contributed by atoms with Crippen LogP contribution >= 0.6 is 0 Å². The molecule has 0 spiro atoms. The monoisotopic (exact) mass is 210 g/mol. The van der Waals surface area contributed by atoms with Crippen molar-refractivity contribution >= 4 is 5.82 Å². The highest BCUT2D eigenvalue weighted by molar-refractivity contribution is 5.37. The Bertz CT molecular complexity index is 333. The number of hydrogen-bond donors (Lipinski definition) is 2. The maximum absolute atomic E-state index is 5.85. The van der Waals surface area contributed by atoms with Crippen molar-refractivity contribution in [1.29, 1.82) is 0 Å². The van der Waals surface area contributed by atoms with Crippen LogP contribution in [0.4, 0.5) is 5.82 Å². The molecular formula is C10H18N4O. The van der Waals surface area contributed by atoms with Crippen molar-refractivity contribution in [3.05, 3.63) is 11.8 Å². The van der Waals surface area contributed by atoms with Gasteiger partial charge in [-0.05, 0) is 20.8 Å². The van der Waals surface area contributed by atoms with E-state index in [1.54, 1.807) is 7.11 Å². The fraction of sp³-hybridized carbons (Fsp3) is 0.600.